The molecule has 1 N–H and O–H groups in total. The number of nitrogens with zero attached hydrogens (tertiary/aromatic N) is 3. The van der Waals surface area contributed by atoms with Crippen molar-refractivity contribution in [1.82, 2.24) is 15.1 Å². The van der Waals surface area contributed by atoms with Crippen LogP contribution in [0.4, 0.5) is 14.4 Å². The Balaban J connectivity index is 2.40. The summed E-state index contributed by atoms with van der Waals surface area (Å²) in [5.41, 5.74) is -1.01. The molecule has 36 heavy (non-hydrogen) atoms. The average molecular weight is 509 g/mol. The van der Waals surface area contributed by atoms with Crippen molar-refractivity contribution in [3.63, 3.8) is 0 Å². The van der Waals surface area contributed by atoms with Crippen molar-refractivity contribution in [3.8, 4) is 0 Å². The van der Waals surface area contributed by atoms with Gasteiger partial charge in [0.15, 0.2) is 0 Å². The van der Waals surface area contributed by atoms with Crippen LogP contribution in [0.25, 0.3) is 0 Å². The van der Waals surface area contributed by atoms with E-state index in [9.17, 15) is 14.4 Å². The van der Waals surface area contributed by atoms with Gasteiger partial charge in [-0.05, 0) is 74.7 Å². The third-order valence-electron chi connectivity index (χ3n) is 5.17. The van der Waals surface area contributed by atoms with Crippen molar-refractivity contribution >= 4 is 24.5 Å². The summed E-state index contributed by atoms with van der Waals surface area (Å²) in [6, 6.07) is -0.160. The highest BCUT2D eigenvalue weighted by atomic mass is 16.6. The molecule has 2 atom stereocenters. The van der Waals surface area contributed by atoms with Gasteiger partial charge in [-0.15, -0.1) is 0 Å². The Labute approximate surface area is 215 Å². The zero-order valence-corrected chi connectivity index (χ0v) is 23.6. The lowest BCUT2D eigenvalue weighted by Crippen LogP contribution is -2.52. The molecule has 10 nitrogen and oxygen atoms in total. The van der Waals surface area contributed by atoms with E-state index in [1.807, 2.05) is 20.8 Å². The van der Waals surface area contributed by atoms with Gasteiger partial charge in [-0.1, -0.05) is 6.92 Å². The number of carbonyl (C=O) groups excluding carboxylic acids is 3. The quantitative estimate of drug-likeness (QED) is 0.529. The van der Waals surface area contributed by atoms with Crippen LogP contribution in [0.15, 0.2) is 16.4 Å². The Bertz CT molecular complexity index is 864. The summed E-state index contributed by atoms with van der Waals surface area (Å²) in [6.07, 6.45) is 0.906. The lowest BCUT2D eigenvalue weighted by molar-refractivity contribution is 0.00717. The maximum Gasteiger partial charge on any atom is 0.424 e. The van der Waals surface area contributed by atoms with Gasteiger partial charge in [0, 0.05) is 37.5 Å². The third-order valence-corrected chi connectivity index (χ3v) is 5.17. The molecular formula is C26H44N4O6. The predicted molar refractivity (Wildman–Crippen MR) is 138 cm³/mol. The number of hydrogen-bond donors (Lipinski definition) is 1. The summed E-state index contributed by atoms with van der Waals surface area (Å²) in [4.78, 5) is 46.3. The molecule has 2 heterocycles. The number of likely N-dealkylation sites (tertiary alicyclic amines) is 1. The highest BCUT2D eigenvalue weighted by Gasteiger charge is 2.38. The van der Waals surface area contributed by atoms with E-state index >= 15 is 0 Å². The summed E-state index contributed by atoms with van der Waals surface area (Å²) in [7, 11) is 0. The van der Waals surface area contributed by atoms with E-state index in [0.717, 1.165) is 17.0 Å². The largest absolute Gasteiger partial charge is 0.444 e. The maximum absolute atomic E-state index is 13.2. The van der Waals surface area contributed by atoms with Crippen molar-refractivity contribution in [1.29, 1.82) is 0 Å². The molecule has 0 saturated carbocycles. The fraction of sp³-hybridized carbons (Fsp3) is 0.769. The van der Waals surface area contributed by atoms with Crippen LogP contribution in [0.3, 0.4) is 0 Å². The molecule has 0 bridgehead atoms. The molecule has 0 spiro atoms. The molecule has 0 aromatic heterocycles. The van der Waals surface area contributed by atoms with Gasteiger partial charge in [-0.25, -0.2) is 14.4 Å². The van der Waals surface area contributed by atoms with E-state index in [4.69, 9.17) is 14.2 Å². The normalized spacial score (nSPS) is 21.1. The van der Waals surface area contributed by atoms with Crippen LogP contribution in [-0.2, 0) is 14.2 Å². The number of nitrogens with one attached hydrogen (secondary N) is 1. The summed E-state index contributed by atoms with van der Waals surface area (Å²) < 4.78 is 16.6. The van der Waals surface area contributed by atoms with Crippen LogP contribution in [0.1, 0.15) is 82.1 Å². The second kappa shape index (κ2) is 11.1. The number of rotatable bonds is 3. The van der Waals surface area contributed by atoms with Gasteiger partial charge < -0.3 is 24.4 Å². The lowest BCUT2D eigenvalue weighted by atomic mass is 9.94. The minimum atomic E-state index is -0.810. The summed E-state index contributed by atoms with van der Waals surface area (Å²) in [5, 5.41) is 2.97. The molecule has 2 rings (SSSR count). The fourth-order valence-corrected chi connectivity index (χ4v) is 4.08. The summed E-state index contributed by atoms with van der Waals surface area (Å²) in [5.74, 6) is 0.253. The minimum absolute atomic E-state index is 0.128. The van der Waals surface area contributed by atoms with E-state index in [-0.39, 0.29) is 18.5 Å². The zero-order chi connectivity index (χ0) is 27.5. The Kier molecular flexibility index (Phi) is 9.07. The molecule has 2 aliphatic heterocycles. The molecule has 2 aliphatic rings. The molecular weight excluding hydrogens is 464 g/mol. The number of piperidine rings is 1. The van der Waals surface area contributed by atoms with Crippen LogP contribution >= 0.6 is 0 Å². The van der Waals surface area contributed by atoms with Gasteiger partial charge in [0.25, 0.3) is 0 Å². The Morgan fingerprint density at radius 1 is 0.917 bits per heavy atom. The van der Waals surface area contributed by atoms with E-state index in [1.54, 1.807) is 47.8 Å². The van der Waals surface area contributed by atoms with Gasteiger partial charge in [0.1, 0.15) is 16.8 Å². The Hall–Kier alpha value is -2.78. The van der Waals surface area contributed by atoms with E-state index in [2.05, 4.69) is 22.1 Å². The molecule has 1 fully saturated rings. The second-order valence-electron chi connectivity index (χ2n) is 12.5. The standard InChI is InChI=1S/C26H44N4O6/c1-17-13-18(28-21(31)34-24(2,3)4)16-29(15-17)19-11-12-27-14-20(19)30(22(32)35-25(5,6)7)23(33)36-26(8,9)10/h12,17-18H,11,13-16H2,1-10H3,(H,28,31). The smallest absolute Gasteiger partial charge is 0.424 e. The first-order valence-corrected chi connectivity index (χ1v) is 12.6. The van der Waals surface area contributed by atoms with Crippen molar-refractivity contribution in [2.45, 2.75) is 105 Å². The van der Waals surface area contributed by atoms with Gasteiger partial charge in [-0.2, -0.15) is 4.90 Å². The molecule has 0 aliphatic carbocycles. The molecule has 10 heteroatoms. The number of ether oxygens (including phenoxy) is 3. The topological polar surface area (TPSA) is 110 Å². The van der Waals surface area contributed by atoms with Gasteiger partial charge in [-0.3, -0.25) is 4.99 Å². The van der Waals surface area contributed by atoms with Crippen LogP contribution in [0.5, 0.6) is 0 Å². The van der Waals surface area contributed by atoms with Crippen molar-refractivity contribution in [2.24, 2.45) is 10.9 Å². The number of aliphatic imine (C=N–C) groups is 1. The number of carbonyl (C=O) groups is 3. The minimum Gasteiger partial charge on any atom is -0.444 e. The monoisotopic (exact) mass is 508 g/mol. The number of allylic oxidation sites excluding steroid dienone is 1. The van der Waals surface area contributed by atoms with Crippen LogP contribution in [0.2, 0.25) is 0 Å². The first-order valence-electron chi connectivity index (χ1n) is 12.6. The van der Waals surface area contributed by atoms with Crippen molar-refractivity contribution in [3.05, 3.63) is 11.4 Å². The van der Waals surface area contributed by atoms with Crippen LogP contribution < -0.4 is 5.32 Å². The molecule has 3 amide bonds. The molecule has 0 radical (unpaired) electrons. The van der Waals surface area contributed by atoms with Crippen LogP contribution in [0, 0.1) is 5.92 Å². The van der Waals surface area contributed by atoms with Crippen LogP contribution in [-0.4, -0.2) is 76.8 Å². The molecule has 1 saturated heterocycles. The number of amides is 3. The highest BCUT2D eigenvalue weighted by molar-refractivity contribution is 5.91. The zero-order valence-electron chi connectivity index (χ0n) is 23.6. The van der Waals surface area contributed by atoms with Gasteiger partial charge in [0.2, 0.25) is 0 Å². The highest BCUT2D eigenvalue weighted by Crippen LogP contribution is 2.29. The molecule has 2 unspecified atom stereocenters. The third kappa shape index (κ3) is 9.35. The molecule has 204 valence electrons. The predicted octanol–water partition coefficient (Wildman–Crippen LogP) is 5.08. The Morgan fingerprint density at radius 2 is 1.44 bits per heavy atom. The summed E-state index contributed by atoms with van der Waals surface area (Å²) in [6.45, 7) is 19.4. The number of alkyl carbamates (subject to hydrolysis) is 1. The van der Waals surface area contributed by atoms with E-state index in [1.165, 1.54) is 0 Å². The average Bonchev–Trinajstić information content (AvgIpc) is 2.63. The first-order chi connectivity index (χ1) is 16.3. The van der Waals surface area contributed by atoms with Crippen molar-refractivity contribution < 1.29 is 28.6 Å². The first kappa shape index (κ1) is 29.5. The lowest BCUT2D eigenvalue weighted by Gasteiger charge is -2.41. The van der Waals surface area contributed by atoms with Crippen molar-refractivity contribution in [2.75, 3.05) is 19.6 Å². The maximum atomic E-state index is 13.2. The van der Waals surface area contributed by atoms with E-state index in [0.29, 0.717) is 25.2 Å². The van der Waals surface area contributed by atoms with Gasteiger partial charge in [0.05, 0.1) is 12.2 Å². The molecule has 0 aromatic carbocycles. The Morgan fingerprint density at radius 3 is 1.94 bits per heavy atom. The van der Waals surface area contributed by atoms with Gasteiger partial charge >= 0.3 is 18.3 Å². The second-order valence-corrected chi connectivity index (χ2v) is 12.5. The SMILES string of the molecule is CC1CC(NC(=O)OC(C)(C)C)CN(C2=C(N(C(=O)OC(C)(C)C)C(=O)OC(C)(C)C)CN=CC2)C1. The number of imide groups is 1. The number of dihydropyridines is 1. The fourth-order valence-electron chi connectivity index (χ4n) is 4.08. The number of hydrogen-bond acceptors (Lipinski definition) is 8. The summed E-state index contributed by atoms with van der Waals surface area (Å²) >= 11 is 0. The molecule has 0 aromatic rings. The van der Waals surface area contributed by atoms with E-state index < -0.39 is 35.1 Å².